The van der Waals surface area contributed by atoms with Crippen LogP contribution in [0.5, 0.6) is 5.75 Å². The van der Waals surface area contributed by atoms with Crippen LogP contribution in [-0.4, -0.2) is 44.2 Å². The molecule has 0 saturated carbocycles. The number of nitrogens with one attached hydrogen (secondary N) is 1. The van der Waals surface area contributed by atoms with Gasteiger partial charge < -0.3 is 9.84 Å². The normalized spacial score (nSPS) is 11.5. The Morgan fingerprint density at radius 1 is 1.14 bits per heavy atom. The summed E-state index contributed by atoms with van der Waals surface area (Å²) >= 11 is 1.08. The molecule has 0 amide bonds. The molecule has 0 aliphatic rings. The third-order valence-electron chi connectivity index (χ3n) is 3.77. The Labute approximate surface area is 169 Å². The molecule has 0 aliphatic heterocycles. The molecule has 6 nitrogen and oxygen atoms in total. The van der Waals surface area contributed by atoms with Gasteiger partial charge in [0.25, 0.3) is 0 Å². The second-order valence-electron chi connectivity index (χ2n) is 6.23. The number of aliphatic carboxylic acids is 1. The van der Waals surface area contributed by atoms with Crippen molar-refractivity contribution in [3.8, 4) is 5.75 Å². The van der Waals surface area contributed by atoms with Gasteiger partial charge in [0, 0.05) is 17.2 Å². The Balaban J connectivity index is 2.36. The molecule has 1 aromatic rings. The maximum Gasteiger partial charge on any atom is 0.341 e. The van der Waals surface area contributed by atoms with Gasteiger partial charge in [0.1, 0.15) is 0 Å². The summed E-state index contributed by atoms with van der Waals surface area (Å²) in [5, 5.41) is 8.49. The highest BCUT2D eigenvalue weighted by Gasteiger charge is 2.15. The number of thioether (sulfide) groups is 1. The maximum atomic E-state index is 13.8. The number of sulfonamides is 1. The zero-order valence-corrected chi connectivity index (χ0v) is 17.5. The average molecular weight is 440 g/mol. The minimum atomic E-state index is -3.35. The Bertz CT molecular complexity index is 706. The van der Waals surface area contributed by atoms with Gasteiger partial charge in [-0.3, -0.25) is 0 Å². The maximum absolute atomic E-state index is 13.8. The first-order valence-electron chi connectivity index (χ1n) is 9.19. The van der Waals surface area contributed by atoms with Crippen molar-refractivity contribution >= 4 is 27.8 Å². The quantitative estimate of drug-likeness (QED) is 0.319. The van der Waals surface area contributed by atoms with Gasteiger partial charge in [-0.2, -0.15) is 0 Å². The van der Waals surface area contributed by atoms with E-state index in [2.05, 4.69) is 16.4 Å². The van der Waals surface area contributed by atoms with Crippen LogP contribution >= 0.6 is 11.8 Å². The van der Waals surface area contributed by atoms with Gasteiger partial charge in [-0.05, 0) is 18.6 Å². The summed E-state index contributed by atoms with van der Waals surface area (Å²) in [5.74, 6) is -3.73. The molecule has 10 heteroatoms. The first kappa shape index (κ1) is 24.6. The van der Waals surface area contributed by atoms with Crippen molar-refractivity contribution in [2.75, 3.05) is 24.7 Å². The summed E-state index contributed by atoms with van der Waals surface area (Å²) in [6, 6.07) is 2.05. The minimum Gasteiger partial charge on any atom is -0.479 e. The number of hydrogen-bond acceptors (Lipinski definition) is 5. The topological polar surface area (TPSA) is 92.7 Å². The van der Waals surface area contributed by atoms with E-state index in [-0.39, 0.29) is 17.2 Å². The Morgan fingerprint density at radius 2 is 1.75 bits per heavy atom. The van der Waals surface area contributed by atoms with E-state index in [1.807, 2.05) is 0 Å². The van der Waals surface area contributed by atoms with Gasteiger partial charge in [-0.25, -0.2) is 26.7 Å². The van der Waals surface area contributed by atoms with Crippen LogP contribution in [-0.2, 0) is 14.8 Å². The number of unbranched alkanes of at least 4 members (excludes halogenated alkanes) is 5. The van der Waals surface area contributed by atoms with Crippen LogP contribution in [0.15, 0.2) is 17.0 Å². The lowest BCUT2D eigenvalue weighted by Gasteiger charge is -2.09. The summed E-state index contributed by atoms with van der Waals surface area (Å²) in [6.45, 7) is 1.42. The van der Waals surface area contributed by atoms with Crippen LogP contribution in [0.1, 0.15) is 45.4 Å². The molecule has 1 rings (SSSR count). The number of carbonyl (C=O) groups is 1. The highest BCUT2D eigenvalue weighted by atomic mass is 32.2. The summed E-state index contributed by atoms with van der Waals surface area (Å²) in [4.78, 5) is 10.7. The van der Waals surface area contributed by atoms with Crippen molar-refractivity contribution in [1.29, 1.82) is 0 Å². The van der Waals surface area contributed by atoms with E-state index in [9.17, 15) is 22.0 Å². The van der Waals surface area contributed by atoms with Crippen molar-refractivity contribution in [2.45, 2.75) is 50.3 Å². The first-order chi connectivity index (χ1) is 13.2. The fourth-order valence-electron chi connectivity index (χ4n) is 2.40. The second-order valence-corrected chi connectivity index (χ2v) is 9.32. The molecule has 0 aliphatic carbocycles. The first-order valence-corrected chi connectivity index (χ1v) is 11.8. The highest BCUT2D eigenvalue weighted by molar-refractivity contribution is 7.99. The molecular formula is C18H27F2NO5S2. The largest absolute Gasteiger partial charge is 0.479 e. The Hall–Kier alpha value is -1.39. The molecule has 0 radical (unpaired) electrons. The van der Waals surface area contributed by atoms with Crippen LogP contribution in [0, 0.1) is 11.6 Å². The van der Waals surface area contributed by atoms with E-state index in [1.54, 1.807) is 0 Å². The van der Waals surface area contributed by atoms with Gasteiger partial charge in [-0.15, -0.1) is 11.8 Å². The van der Waals surface area contributed by atoms with Crippen LogP contribution in [0.25, 0.3) is 0 Å². The van der Waals surface area contributed by atoms with Crippen LogP contribution in [0.3, 0.4) is 0 Å². The summed E-state index contributed by atoms with van der Waals surface area (Å²) < 4.78 is 58.5. The van der Waals surface area contributed by atoms with Crippen molar-refractivity contribution in [1.82, 2.24) is 4.72 Å². The number of halogens is 2. The fourth-order valence-corrected chi connectivity index (χ4v) is 4.49. The summed E-state index contributed by atoms with van der Waals surface area (Å²) in [7, 11) is -3.35. The van der Waals surface area contributed by atoms with E-state index in [4.69, 9.17) is 5.11 Å². The van der Waals surface area contributed by atoms with Gasteiger partial charge in [0.15, 0.2) is 24.0 Å². The lowest BCUT2D eigenvalue weighted by Crippen LogP contribution is -2.28. The van der Waals surface area contributed by atoms with Gasteiger partial charge in [-0.1, -0.05) is 39.0 Å². The average Bonchev–Trinajstić information content (AvgIpc) is 2.61. The van der Waals surface area contributed by atoms with E-state index in [0.717, 1.165) is 56.0 Å². The van der Waals surface area contributed by atoms with Crippen molar-refractivity contribution in [3.63, 3.8) is 0 Å². The Morgan fingerprint density at radius 3 is 2.36 bits per heavy atom. The number of carboxylic acid groups (broad SMARTS) is 1. The fraction of sp³-hybridized carbons (Fsp3) is 0.611. The third kappa shape index (κ3) is 10.2. The monoisotopic (exact) mass is 439 g/mol. The highest BCUT2D eigenvalue weighted by Crippen LogP contribution is 2.28. The summed E-state index contributed by atoms with van der Waals surface area (Å²) in [6.07, 6.45) is 5.95. The molecule has 1 aromatic carbocycles. The molecule has 0 aromatic heterocycles. The molecule has 0 heterocycles. The van der Waals surface area contributed by atoms with Crippen molar-refractivity contribution in [2.24, 2.45) is 0 Å². The lowest BCUT2D eigenvalue weighted by atomic mass is 10.1. The molecule has 0 bridgehead atoms. The minimum absolute atomic E-state index is 0.0721. The van der Waals surface area contributed by atoms with E-state index in [0.29, 0.717) is 12.2 Å². The molecule has 2 N–H and O–H groups in total. The van der Waals surface area contributed by atoms with Crippen LogP contribution in [0.4, 0.5) is 8.78 Å². The van der Waals surface area contributed by atoms with Crippen molar-refractivity contribution < 1.29 is 31.8 Å². The van der Waals surface area contributed by atoms with Crippen molar-refractivity contribution in [3.05, 3.63) is 23.8 Å². The molecule has 0 saturated heterocycles. The molecule has 0 unspecified atom stereocenters. The predicted molar refractivity (Wildman–Crippen MR) is 105 cm³/mol. The van der Waals surface area contributed by atoms with E-state index in [1.165, 1.54) is 0 Å². The van der Waals surface area contributed by atoms with Crippen LogP contribution in [0.2, 0.25) is 0 Å². The van der Waals surface area contributed by atoms with Gasteiger partial charge >= 0.3 is 5.97 Å². The van der Waals surface area contributed by atoms with E-state index >= 15 is 0 Å². The predicted octanol–water partition coefficient (Wildman–Crippen LogP) is 3.80. The SMILES string of the molecule is CCCCCCCCS(=O)(=O)NCCSc1cc(F)c(OCC(=O)O)c(F)c1. The summed E-state index contributed by atoms with van der Waals surface area (Å²) in [5.41, 5.74) is 0. The smallest absolute Gasteiger partial charge is 0.341 e. The molecule has 28 heavy (non-hydrogen) atoms. The lowest BCUT2D eigenvalue weighted by molar-refractivity contribution is -0.139. The second kappa shape index (κ2) is 12.9. The Kier molecular flexibility index (Phi) is 11.4. The molecule has 0 atom stereocenters. The third-order valence-corrected chi connectivity index (χ3v) is 6.22. The molecule has 0 fully saturated rings. The van der Waals surface area contributed by atoms with Gasteiger partial charge in [0.2, 0.25) is 10.0 Å². The van der Waals surface area contributed by atoms with Crippen LogP contribution < -0.4 is 9.46 Å². The zero-order chi connectivity index (χ0) is 21.0. The number of carboxylic acids is 1. The number of rotatable bonds is 15. The standard InChI is InChI=1S/C18H27F2NO5S2/c1-2-3-4-5-6-7-10-28(24,25)21-8-9-27-14-11-15(19)18(16(20)12-14)26-13-17(22)23/h11-12,21H,2-10,13H2,1H3,(H,22,23). The molecular weight excluding hydrogens is 412 g/mol. The number of hydrogen-bond donors (Lipinski definition) is 2. The number of ether oxygens (including phenoxy) is 1. The van der Waals surface area contributed by atoms with E-state index < -0.39 is 40.0 Å². The van der Waals surface area contributed by atoms with Gasteiger partial charge in [0.05, 0.1) is 5.75 Å². The number of benzene rings is 1. The molecule has 0 spiro atoms. The zero-order valence-electron chi connectivity index (χ0n) is 15.9. The molecule has 160 valence electrons.